The number of phenolic OH excluding ortho intramolecular Hbond substituents is 1. The quantitative estimate of drug-likeness (QED) is 0.256. The van der Waals surface area contributed by atoms with Gasteiger partial charge in [0.05, 0.1) is 16.4 Å². The van der Waals surface area contributed by atoms with E-state index in [9.17, 15) is 14.7 Å². The van der Waals surface area contributed by atoms with E-state index in [2.05, 4.69) is 26.4 Å². The van der Waals surface area contributed by atoms with Gasteiger partial charge < -0.3 is 21.1 Å². The predicted molar refractivity (Wildman–Crippen MR) is 125 cm³/mol. The molecule has 32 heavy (non-hydrogen) atoms. The molecule has 4 rings (SSSR count). The summed E-state index contributed by atoms with van der Waals surface area (Å²) in [5, 5.41) is 24.3. The smallest absolute Gasteiger partial charge is 0.324 e. The lowest BCUT2D eigenvalue weighted by molar-refractivity contribution is -0.122. The van der Waals surface area contributed by atoms with E-state index in [1.807, 2.05) is 18.2 Å². The zero-order valence-corrected chi connectivity index (χ0v) is 18.6. The van der Waals surface area contributed by atoms with Crippen LogP contribution in [0.5, 0.6) is 5.75 Å². The Morgan fingerprint density at radius 1 is 1.22 bits per heavy atom. The van der Waals surface area contributed by atoms with Crippen LogP contribution in [0.3, 0.4) is 0 Å². The number of fused-ring (bicyclic) bond motifs is 1. The van der Waals surface area contributed by atoms with Gasteiger partial charge in [-0.3, -0.25) is 15.2 Å². The number of H-pyrrole nitrogens is 1. The number of phenols is 1. The van der Waals surface area contributed by atoms with Crippen LogP contribution in [-0.2, 0) is 11.2 Å². The lowest BCUT2D eigenvalue weighted by Crippen LogP contribution is -2.40. The van der Waals surface area contributed by atoms with Crippen LogP contribution < -0.4 is 21.3 Å². The summed E-state index contributed by atoms with van der Waals surface area (Å²) < 4.78 is 2.07. The number of rotatable bonds is 4. The second kappa shape index (κ2) is 9.03. The molecular weight excluding hydrogens is 452 g/mol. The maximum atomic E-state index is 12.5. The third kappa shape index (κ3) is 4.33. The molecule has 1 atom stereocenters. The van der Waals surface area contributed by atoms with Gasteiger partial charge in [-0.2, -0.15) is 0 Å². The lowest BCUT2D eigenvalue weighted by Gasteiger charge is -2.26. The van der Waals surface area contributed by atoms with Gasteiger partial charge in [0.15, 0.2) is 5.75 Å². The molecule has 0 fully saturated rings. The first kappa shape index (κ1) is 21.9. The SMILES string of the molecule is CNC(=O)C1NCCc2cc(-n3[nH]c(=S)cc3NC(=O)Nc3cccc(Cl)c3O)ccc21. The second-order valence-corrected chi connectivity index (χ2v) is 8.04. The summed E-state index contributed by atoms with van der Waals surface area (Å²) in [6.07, 6.45) is 0.760. The van der Waals surface area contributed by atoms with Crippen LogP contribution in [0.15, 0.2) is 42.5 Å². The molecule has 1 aromatic heterocycles. The standard InChI is InChI=1S/C21H21ClN6O3S/c1-23-20(30)18-13-6-5-12(9-11(13)7-8-24-18)28-16(10-17(32)27-28)26-21(31)25-15-4-2-3-14(22)19(15)29/h2-6,9-10,18,24,29H,7-8H2,1H3,(H,23,30)(H,27,32)(H2,25,26,31). The molecule has 2 heterocycles. The van der Waals surface area contributed by atoms with Crippen molar-refractivity contribution in [2.75, 3.05) is 24.2 Å². The molecule has 11 heteroatoms. The maximum absolute atomic E-state index is 12.5. The van der Waals surface area contributed by atoms with Crippen LogP contribution in [0.25, 0.3) is 5.69 Å². The van der Waals surface area contributed by atoms with E-state index in [-0.39, 0.29) is 22.4 Å². The molecule has 0 radical (unpaired) electrons. The van der Waals surface area contributed by atoms with E-state index < -0.39 is 12.1 Å². The number of aromatic amines is 1. The third-order valence-electron chi connectivity index (χ3n) is 5.15. The van der Waals surface area contributed by atoms with Crippen molar-refractivity contribution in [1.82, 2.24) is 20.4 Å². The number of nitrogens with zero attached hydrogens (tertiary/aromatic N) is 1. The predicted octanol–water partition coefficient (Wildman–Crippen LogP) is 3.47. The van der Waals surface area contributed by atoms with Gasteiger partial charge in [0.25, 0.3) is 0 Å². The molecule has 0 aliphatic carbocycles. The van der Waals surface area contributed by atoms with Gasteiger partial charge in [0.2, 0.25) is 5.91 Å². The number of hydrogen-bond acceptors (Lipinski definition) is 5. The first-order valence-corrected chi connectivity index (χ1v) is 10.6. The van der Waals surface area contributed by atoms with E-state index >= 15 is 0 Å². The molecule has 166 valence electrons. The number of benzene rings is 2. The second-order valence-electron chi connectivity index (χ2n) is 7.19. The van der Waals surface area contributed by atoms with Gasteiger partial charge in [-0.15, -0.1) is 0 Å². The van der Waals surface area contributed by atoms with Gasteiger partial charge in [-0.05, 0) is 41.8 Å². The number of urea groups is 1. The summed E-state index contributed by atoms with van der Waals surface area (Å²) in [7, 11) is 1.61. The molecule has 1 aliphatic rings. The number of amides is 3. The van der Waals surface area contributed by atoms with Crippen LogP contribution in [-0.4, -0.2) is 40.4 Å². The van der Waals surface area contributed by atoms with E-state index in [4.69, 9.17) is 23.8 Å². The largest absolute Gasteiger partial charge is 0.504 e. The number of aromatic hydroxyl groups is 1. The maximum Gasteiger partial charge on any atom is 0.324 e. The molecule has 9 nitrogen and oxygen atoms in total. The van der Waals surface area contributed by atoms with Crippen molar-refractivity contribution in [3.05, 3.63) is 63.3 Å². The average molecular weight is 473 g/mol. The van der Waals surface area contributed by atoms with Crippen LogP contribution in [0.4, 0.5) is 16.3 Å². The molecule has 3 aromatic rings. The Balaban J connectivity index is 1.60. The Kier molecular flexibility index (Phi) is 6.17. The Morgan fingerprint density at radius 2 is 2.03 bits per heavy atom. The first-order valence-electron chi connectivity index (χ1n) is 9.83. The van der Waals surface area contributed by atoms with Gasteiger partial charge in [-0.1, -0.05) is 36.0 Å². The summed E-state index contributed by atoms with van der Waals surface area (Å²) in [6, 6.07) is 11.0. The Morgan fingerprint density at radius 3 is 2.81 bits per heavy atom. The van der Waals surface area contributed by atoms with Gasteiger partial charge in [-0.25, -0.2) is 9.48 Å². The normalized spacial score (nSPS) is 15.0. The fourth-order valence-corrected chi connectivity index (χ4v) is 4.02. The van der Waals surface area contributed by atoms with Crippen LogP contribution in [0.1, 0.15) is 17.2 Å². The Hall–Kier alpha value is -3.34. The highest BCUT2D eigenvalue weighted by Gasteiger charge is 2.25. The molecule has 1 aliphatic heterocycles. The molecule has 0 spiro atoms. The molecule has 2 aromatic carbocycles. The molecule has 0 saturated heterocycles. The molecule has 0 bridgehead atoms. The number of aromatic nitrogens is 2. The number of hydrogen-bond donors (Lipinski definition) is 6. The minimum atomic E-state index is -0.577. The fraction of sp³-hybridized carbons (Fsp3) is 0.190. The number of likely N-dealkylation sites (N-methyl/N-ethyl adjacent to an activating group) is 1. The van der Waals surface area contributed by atoms with Crippen LogP contribution in [0, 0.1) is 4.64 Å². The Bertz CT molecular complexity index is 1250. The van der Waals surface area contributed by atoms with E-state index in [0.29, 0.717) is 17.0 Å². The van der Waals surface area contributed by atoms with Crippen molar-refractivity contribution >= 4 is 47.3 Å². The van der Waals surface area contributed by atoms with Crippen molar-refractivity contribution in [2.24, 2.45) is 0 Å². The topological polar surface area (TPSA) is 123 Å². The molecule has 1 unspecified atom stereocenters. The van der Waals surface area contributed by atoms with E-state index in [1.54, 1.807) is 23.9 Å². The average Bonchev–Trinajstić information content (AvgIpc) is 3.15. The molecule has 6 N–H and O–H groups in total. The van der Waals surface area contributed by atoms with E-state index in [1.165, 1.54) is 12.1 Å². The zero-order chi connectivity index (χ0) is 22.8. The highest BCUT2D eigenvalue weighted by molar-refractivity contribution is 7.71. The van der Waals surface area contributed by atoms with Crippen LogP contribution >= 0.6 is 23.8 Å². The number of carbonyl (C=O) groups excluding carboxylic acids is 2. The van der Waals surface area contributed by atoms with Crippen LogP contribution in [0.2, 0.25) is 5.02 Å². The van der Waals surface area contributed by atoms with Crippen molar-refractivity contribution in [1.29, 1.82) is 0 Å². The summed E-state index contributed by atoms with van der Waals surface area (Å²) in [4.78, 5) is 24.7. The minimum Gasteiger partial charge on any atom is -0.504 e. The number of carbonyl (C=O) groups is 2. The van der Waals surface area contributed by atoms with E-state index in [0.717, 1.165) is 23.2 Å². The van der Waals surface area contributed by atoms with Crippen molar-refractivity contribution in [2.45, 2.75) is 12.5 Å². The highest BCUT2D eigenvalue weighted by atomic mass is 35.5. The summed E-state index contributed by atoms with van der Waals surface area (Å²) in [5.41, 5.74) is 2.87. The van der Waals surface area contributed by atoms with Crippen molar-refractivity contribution in [3.63, 3.8) is 0 Å². The summed E-state index contributed by atoms with van der Waals surface area (Å²) >= 11 is 11.2. The third-order valence-corrected chi connectivity index (χ3v) is 5.67. The van der Waals surface area contributed by atoms with Crippen molar-refractivity contribution in [3.8, 4) is 11.4 Å². The highest BCUT2D eigenvalue weighted by Crippen LogP contribution is 2.31. The van der Waals surface area contributed by atoms with Gasteiger partial charge in [0, 0.05) is 19.7 Å². The lowest BCUT2D eigenvalue weighted by atomic mass is 9.93. The van der Waals surface area contributed by atoms with Crippen molar-refractivity contribution < 1.29 is 14.7 Å². The number of nitrogens with one attached hydrogen (secondary N) is 5. The molecular formula is C21H21ClN6O3S. The number of para-hydroxylation sites is 1. The summed E-state index contributed by atoms with van der Waals surface area (Å²) in [5.74, 6) is 0.0947. The zero-order valence-electron chi connectivity index (χ0n) is 17.0. The van der Waals surface area contributed by atoms with Gasteiger partial charge >= 0.3 is 6.03 Å². The number of anilines is 2. The first-order chi connectivity index (χ1) is 15.4. The van der Waals surface area contributed by atoms with Gasteiger partial charge in [0.1, 0.15) is 16.5 Å². The number of halogens is 1. The monoisotopic (exact) mass is 472 g/mol. The Labute approximate surface area is 193 Å². The minimum absolute atomic E-state index is 0.0950. The molecule has 0 saturated carbocycles. The molecule has 3 amide bonds. The fourth-order valence-electron chi connectivity index (χ4n) is 3.64. The summed E-state index contributed by atoms with van der Waals surface area (Å²) in [6.45, 7) is 0.673.